The molecule has 0 spiro atoms. The lowest BCUT2D eigenvalue weighted by atomic mass is 10.1. The minimum absolute atomic E-state index is 0.153. The molecule has 1 N–H and O–H groups in total. The van der Waals surface area contributed by atoms with Gasteiger partial charge in [-0.15, -0.1) is 0 Å². The van der Waals surface area contributed by atoms with E-state index in [0.29, 0.717) is 30.7 Å². The van der Waals surface area contributed by atoms with E-state index in [1.807, 2.05) is 0 Å². The highest BCUT2D eigenvalue weighted by molar-refractivity contribution is 5.95. The highest BCUT2D eigenvalue weighted by Gasteiger charge is 2.32. The van der Waals surface area contributed by atoms with Crippen LogP contribution in [0.15, 0.2) is 18.2 Å². The van der Waals surface area contributed by atoms with Crippen LogP contribution in [0.5, 0.6) is 5.75 Å². The first-order valence-corrected chi connectivity index (χ1v) is 7.46. The van der Waals surface area contributed by atoms with Gasteiger partial charge in [0.25, 0.3) is 5.91 Å². The Labute approximate surface area is 128 Å². The van der Waals surface area contributed by atoms with Crippen molar-refractivity contribution < 1.29 is 14.5 Å². The van der Waals surface area contributed by atoms with Crippen molar-refractivity contribution in [3.8, 4) is 5.75 Å². The summed E-state index contributed by atoms with van der Waals surface area (Å²) in [6.45, 7) is 1.35. The van der Waals surface area contributed by atoms with Crippen LogP contribution in [0.4, 0.5) is 5.69 Å². The maximum Gasteiger partial charge on any atom is 0.311 e. The van der Waals surface area contributed by atoms with E-state index in [2.05, 4.69) is 5.32 Å². The summed E-state index contributed by atoms with van der Waals surface area (Å²) >= 11 is 0. The first-order chi connectivity index (χ1) is 10.6. The summed E-state index contributed by atoms with van der Waals surface area (Å²) in [6.07, 6.45) is 3.18. The number of hydrogen-bond acceptors (Lipinski definition) is 5. The normalized spacial score (nSPS) is 24.0. The highest BCUT2D eigenvalue weighted by Crippen LogP contribution is 2.29. The summed E-state index contributed by atoms with van der Waals surface area (Å²) in [5.41, 5.74) is 0.160. The molecule has 2 saturated heterocycles. The SMILES string of the molecule is COc1ccc(C(=O)N2CCC3CCC(C2)N3)cc1[N+](=O)[O-]. The van der Waals surface area contributed by atoms with Gasteiger partial charge in [0.2, 0.25) is 0 Å². The van der Waals surface area contributed by atoms with Crippen molar-refractivity contribution in [1.29, 1.82) is 0 Å². The van der Waals surface area contributed by atoms with Crippen LogP contribution in [-0.4, -0.2) is 48.0 Å². The van der Waals surface area contributed by atoms with E-state index in [0.717, 1.165) is 12.8 Å². The van der Waals surface area contributed by atoms with Crippen molar-refractivity contribution in [2.24, 2.45) is 0 Å². The lowest BCUT2D eigenvalue weighted by molar-refractivity contribution is -0.385. The Morgan fingerprint density at radius 2 is 2.14 bits per heavy atom. The quantitative estimate of drug-likeness (QED) is 0.677. The van der Waals surface area contributed by atoms with Crippen LogP contribution in [0.3, 0.4) is 0 Å². The van der Waals surface area contributed by atoms with Gasteiger partial charge < -0.3 is 15.0 Å². The predicted molar refractivity (Wildman–Crippen MR) is 80.1 cm³/mol. The molecule has 2 heterocycles. The Bertz CT molecular complexity index is 604. The number of nitro benzene ring substituents is 1. The number of amides is 1. The fraction of sp³-hybridized carbons (Fsp3) is 0.533. The van der Waals surface area contributed by atoms with Crippen LogP contribution in [0.2, 0.25) is 0 Å². The average molecular weight is 305 g/mol. The zero-order valence-corrected chi connectivity index (χ0v) is 12.4. The molecule has 0 radical (unpaired) electrons. The Balaban J connectivity index is 1.82. The molecule has 118 valence electrons. The summed E-state index contributed by atoms with van der Waals surface area (Å²) < 4.78 is 4.97. The number of benzene rings is 1. The number of likely N-dealkylation sites (tertiary alicyclic amines) is 1. The van der Waals surface area contributed by atoms with Gasteiger partial charge >= 0.3 is 5.69 Å². The van der Waals surface area contributed by atoms with Gasteiger partial charge in [-0.2, -0.15) is 0 Å². The number of carbonyl (C=O) groups excluding carboxylic acids is 1. The van der Waals surface area contributed by atoms with Crippen LogP contribution >= 0.6 is 0 Å². The van der Waals surface area contributed by atoms with Gasteiger partial charge in [0.1, 0.15) is 0 Å². The van der Waals surface area contributed by atoms with E-state index in [-0.39, 0.29) is 17.3 Å². The number of carbonyl (C=O) groups is 1. The van der Waals surface area contributed by atoms with Gasteiger partial charge in [-0.25, -0.2) is 0 Å². The second-order valence-corrected chi connectivity index (χ2v) is 5.82. The monoisotopic (exact) mass is 305 g/mol. The number of fused-ring (bicyclic) bond motifs is 2. The van der Waals surface area contributed by atoms with Crippen LogP contribution < -0.4 is 10.1 Å². The number of nitro groups is 1. The second-order valence-electron chi connectivity index (χ2n) is 5.82. The van der Waals surface area contributed by atoms with E-state index in [4.69, 9.17) is 4.74 Å². The fourth-order valence-electron chi connectivity index (χ4n) is 3.28. The van der Waals surface area contributed by atoms with E-state index >= 15 is 0 Å². The molecule has 7 heteroatoms. The molecule has 7 nitrogen and oxygen atoms in total. The van der Waals surface area contributed by atoms with Gasteiger partial charge in [0, 0.05) is 36.8 Å². The van der Waals surface area contributed by atoms with Crippen molar-refractivity contribution >= 4 is 11.6 Å². The zero-order chi connectivity index (χ0) is 15.7. The molecular weight excluding hydrogens is 286 g/mol. The van der Waals surface area contributed by atoms with Gasteiger partial charge in [-0.3, -0.25) is 14.9 Å². The fourth-order valence-corrected chi connectivity index (χ4v) is 3.28. The molecule has 1 aromatic carbocycles. The van der Waals surface area contributed by atoms with Crippen molar-refractivity contribution in [2.45, 2.75) is 31.3 Å². The maximum atomic E-state index is 12.6. The maximum absolute atomic E-state index is 12.6. The molecule has 2 fully saturated rings. The van der Waals surface area contributed by atoms with Gasteiger partial charge in [-0.05, 0) is 31.4 Å². The first kappa shape index (κ1) is 14.8. The molecule has 2 atom stereocenters. The Morgan fingerprint density at radius 3 is 2.86 bits per heavy atom. The van der Waals surface area contributed by atoms with Crippen LogP contribution in [0, 0.1) is 10.1 Å². The summed E-state index contributed by atoms with van der Waals surface area (Å²) in [5, 5.41) is 14.6. The molecule has 0 saturated carbocycles. The van der Waals surface area contributed by atoms with E-state index in [9.17, 15) is 14.9 Å². The minimum Gasteiger partial charge on any atom is -0.490 e. The van der Waals surface area contributed by atoms with Crippen molar-refractivity contribution in [3.05, 3.63) is 33.9 Å². The number of rotatable bonds is 3. The standard InChI is InChI=1S/C15H19N3O4/c1-22-14-5-2-10(8-13(14)18(20)21)15(19)17-7-6-11-3-4-12(9-17)16-11/h2,5,8,11-12,16H,3-4,6-7,9H2,1H3. The number of ether oxygens (including phenoxy) is 1. The van der Waals surface area contributed by atoms with Crippen LogP contribution in [-0.2, 0) is 0 Å². The van der Waals surface area contributed by atoms with Gasteiger partial charge in [0.15, 0.2) is 5.75 Å². The zero-order valence-electron chi connectivity index (χ0n) is 12.4. The summed E-state index contributed by atoms with van der Waals surface area (Å²) in [6, 6.07) is 5.20. The molecule has 2 bridgehead atoms. The molecule has 1 amide bonds. The lowest BCUT2D eigenvalue weighted by Gasteiger charge is -2.24. The van der Waals surface area contributed by atoms with Gasteiger partial charge in [0.05, 0.1) is 12.0 Å². The van der Waals surface area contributed by atoms with Crippen molar-refractivity contribution in [3.63, 3.8) is 0 Å². The molecular formula is C15H19N3O4. The van der Waals surface area contributed by atoms with Crippen molar-refractivity contribution in [1.82, 2.24) is 10.2 Å². The van der Waals surface area contributed by atoms with E-state index < -0.39 is 4.92 Å². The summed E-state index contributed by atoms with van der Waals surface area (Å²) in [4.78, 5) is 25.0. The molecule has 1 aromatic rings. The second kappa shape index (κ2) is 5.92. The number of methoxy groups -OCH3 is 1. The summed E-state index contributed by atoms with van der Waals surface area (Å²) in [5.74, 6) is 0.0123. The Hall–Kier alpha value is -2.15. The van der Waals surface area contributed by atoms with Gasteiger partial charge in [-0.1, -0.05) is 0 Å². The third kappa shape index (κ3) is 2.76. The molecule has 3 rings (SSSR count). The largest absolute Gasteiger partial charge is 0.490 e. The predicted octanol–water partition coefficient (Wildman–Crippen LogP) is 1.57. The minimum atomic E-state index is -0.526. The summed E-state index contributed by atoms with van der Waals surface area (Å²) in [7, 11) is 1.38. The number of hydrogen-bond donors (Lipinski definition) is 1. The topological polar surface area (TPSA) is 84.7 Å². The molecule has 2 aliphatic rings. The van der Waals surface area contributed by atoms with E-state index in [1.165, 1.54) is 25.7 Å². The third-order valence-electron chi connectivity index (χ3n) is 4.43. The molecule has 22 heavy (non-hydrogen) atoms. The average Bonchev–Trinajstić information content (AvgIpc) is 2.85. The number of nitrogens with zero attached hydrogens (tertiary/aromatic N) is 2. The molecule has 2 unspecified atom stereocenters. The molecule has 2 aliphatic heterocycles. The Morgan fingerprint density at radius 1 is 1.36 bits per heavy atom. The van der Waals surface area contributed by atoms with Crippen molar-refractivity contribution in [2.75, 3.05) is 20.2 Å². The first-order valence-electron chi connectivity index (χ1n) is 7.46. The third-order valence-corrected chi connectivity index (χ3v) is 4.43. The molecule has 0 aromatic heterocycles. The smallest absolute Gasteiger partial charge is 0.311 e. The lowest BCUT2D eigenvalue weighted by Crippen LogP contribution is -2.39. The molecule has 0 aliphatic carbocycles. The number of nitrogens with one attached hydrogen (secondary N) is 1. The Kier molecular flexibility index (Phi) is 3.98. The van der Waals surface area contributed by atoms with Crippen LogP contribution in [0.25, 0.3) is 0 Å². The highest BCUT2D eigenvalue weighted by atomic mass is 16.6. The van der Waals surface area contributed by atoms with Crippen LogP contribution in [0.1, 0.15) is 29.6 Å². The van der Waals surface area contributed by atoms with E-state index in [1.54, 1.807) is 11.0 Å².